The van der Waals surface area contributed by atoms with Crippen molar-refractivity contribution in [2.75, 3.05) is 0 Å². The molecule has 1 nitrogen and oxygen atoms in total. The number of benzene rings is 1. The van der Waals surface area contributed by atoms with Gasteiger partial charge >= 0.3 is 0 Å². The van der Waals surface area contributed by atoms with E-state index in [1.165, 1.54) is 16.3 Å². The molecule has 0 fully saturated rings. The number of aromatic nitrogens is 1. The molecule has 0 N–H and O–H groups in total. The number of nitrogens with zero attached hydrogens (tertiary/aromatic N) is 1. The summed E-state index contributed by atoms with van der Waals surface area (Å²) in [5.41, 5.74) is 4.73. The van der Waals surface area contributed by atoms with Crippen molar-refractivity contribution in [1.29, 1.82) is 0 Å². The summed E-state index contributed by atoms with van der Waals surface area (Å²) in [6.07, 6.45) is 2.07. The first-order valence-corrected chi connectivity index (χ1v) is 9.84. The van der Waals surface area contributed by atoms with Crippen LogP contribution in [0.25, 0.3) is 11.3 Å². The Bertz CT molecular complexity index is 573. The zero-order chi connectivity index (χ0) is 13.3. The van der Waals surface area contributed by atoms with Gasteiger partial charge in [0.2, 0.25) is 0 Å². The maximum absolute atomic E-state index is 4.64. The summed E-state index contributed by atoms with van der Waals surface area (Å²) in [5, 5.41) is 1.44. The summed E-state index contributed by atoms with van der Waals surface area (Å²) >= 11 is 0. The molecule has 0 saturated heterocycles. The second-order valence-corrected chi connectivity index (χ2v) is 10.9. The van der Waals surface area contributed by atoms with Gasteiger partial charge in [-0.1, -0.05) is 38.2 Å². The van der Waals surface area contributed by atoms with Crippen LogP contribution >= 0.6 is 0 Å². The topological polar surface area (TPSA) is 12.9 Å². The predicted octanol–water partition coefficient (Wildman–Crippen LogP) is 3.71. The quantitative estimate of drug-likeness (QED) is 0.506. The molecule has 1 aromatic carbocycles. The molecule has 0 spiro atoms. The zero-order valence-electron chi connectivity index (χ0n) is 12.2. The number of pyridine rings is 1. The van der Waals surface area contributed by atoms with Crippen molar-refractivity contribution in [2.24, 2.45) is 0 Å². The summed E-state index contributed by atoms with van der Waals surface area (Å²) in [6, 6.07) is 11.6. The Kier molecular flexibility index (Phi) is 5.25. The van der Waals surface area contributed by atoms with E-state index < -0.39 is 8.07 Å². The average Bonchev–Trinajstić information content (AvgIpc) is 2.27. The van der Waals surface area contributed by atoms with E-state index in [0.29, 0.717) is 0 Å². The Labute approximate surface area is 130 Å². The average molecular weight is 447 g/mol. The Morgan fingerprint density at radius 3 is 2.32 bits per heavy atom. The van der Waals surface area contributed by atoms with E-state index in [1.807, 2.05) is 12.1 Å². The van der Waals surface area contributed by atoms with Crippen molar-refractivity contribution in [3.63, 3.8) is 0 Å². The Morgan fingerprint density at radius 1 is 1.11 bits per heavy atom. The second kappa shape index (κ2) is 6.13. The molecule has 0 aliphatic rings. The SMILES string of the molecule is Cc1ccc[c-]c1-c1cc(C)c([Si](C)(C)C)cn1.[Ir]. The molecule has 0 saturated carbocycles. The summed E-state index contributed by atoms with van der Waals surface area (Å²) in [5.74, 6) is 0. The van der Waals surface area contributed by atoms with Gasteiger partial charge in [-0.2, -0.15) is 0 Å². The minimum absolute atomic E-state index is 0. The predicted molar refractivity (Wildman–Crippen MR) is 81.0 cm³/mol. The molecule has 0 atom stereocenters. The van der Waals surface area contributed by atoms with Gasteiger partial charge in [-0.3, -0.25) is 0 Å². The summed E-state index contributed by atoms with van der Waals surface area (Å²) < 4.78 is 0. The van der Waals surface area contributed by atoms with Crippen molar-refractivity contribution < 1.29 is 20.1 Å². The molecule has 2 aromatic rings. The Balaban J connectivity index is 0.00000180. The second-order valence-electron chi connectivity index (χ2n) is 5.86. The van der Waals surface area contributed by atoms with Crippen LogP contribution in [0.3, 0.4) is 0 Å². The molecule has 19 heavy (non-hydrogen) atoms. The van der Waals surface area contributed by atoms with Crippen LogP contribution in [0.2, 0.25) is 19.6 Å². The van der Waals surface area contributed by atoms with Crippen molar-refractivity contribution in [1.82, 2.24) is 4.98 Å². The van der Waals surface area contributed by atoms with Crippen molar-refractivity contribution in [2.45, 2.75) is 33.5 Å². The fourth-order valence-electron chi connectivity index (χ4n) is 2.27. The van der Waals surface area contributed by atoms with Crippen LogP contribution in [0.5, 0.6) is 0 Å². The van der Waals surface area contributed by atoms with E-state index >= 15 is 0 Å². The van der Waals surface area contributed by atoms with Crippen LogP contribution in [0.15, 0.2) is 30.5 Å². The molecule has 1 radical (unpaired) electrons. The minimum Gasteiger partial charge on any atom is -0.305 e. The van der Waals surface area contributed by atoms with Gasteiger partial charge < -0.3 is 4.98 Å². The van der Waals surface area contributed by atoms with Gasteiger partial charge in [-0.25, -0.2) is 0 Å². The van der Waals surface area contributed by atoms with E-state index in [9.17, 15) is 0 Å². The maximum Gasteiger partial charge on any atom is 0.0798 e. The Hall–Kier alpha value is -0.764. The van der Waals surface area contributed by atoms with Crippen LogP contribution in [0, 0.1) is 19.9 Å². The van der Waals surface area contributed by atoms with Gasteiger partial charge in [0.1, 0.15) is 0 Å². The normalized spacial score (nSPS) is 11.0. The first-order valence-electron chi connectivity index (χ1n) is 6.34. The molecule has 1 heterocycles. The van der Waals surface area contributed by atoms with Gasteiger partial charge in [0.05, 0.1) is 8.07 Å². The third kappa shape index (κ3) is 3.62. The fourth-order valence-corrected chi connectivity index (χ4v) is 3.98. The molecule has 103 valence electrons. The van der Waals surface area contributed by atoms with Gasteiger partial charge in [0.25, 0.3) is 0 Å². The molecular formula is C16H20IrNSi-. The van der Waals surface area contributed by atoms with E-state index in [2.05, 4.69) is 62.9 Å². The van der Waals surface area contributed by atoms with Crippen LogP contribution in [0.1, 0.15) is 11.1 Å². The number of hydrogen-bond acceptors (Lipinski definition) is 1. The van der Waals surface area contributed by atoms with E-state index in [1.54, 1.807) is 0 Å². The summed E-state index contributed by atoms with van der Waals surface area (Å²) in [4.78, 5) is 4.64. The van der Waals surface area contributed by atoms with E-state index in [4.69, 9.17) is 0 Å². The summed E-state index contributed by atoms with van der Waals surface area (Å²) in [6.45, 7) is 11.4. The largest absolute Gasteiger partial charge is 0.305 e. The molecule has 0 bridgehead atoms. The van der Waals surface area contributed by atoms with E-state index in [-0.39, 0.29) is 20.1 Å². The van der Waals surface area contributed by atoms with Crippen LogP contribution in [0.4, 0.5) is 0 Å². The van der Waals surface area contributed by atoms with Gasteiger partial charge in [-0.05, 0) is 17.8 Å². The number of hydrogen-bond donors (Lipinski definition) is 0. The third-order valence-electron chi connectivity index (χ3n) is 3.24. The van der Waals surface area contributed by atoms with Crippen LogP contribution in [-0.2, 0) is 20.1 Å². The summed E-state index contributed by atoms with van der Waals surface area (Å²) in [7, 11) is -1.29. The first-order chi connectivity index (χ1) is 8.39. The molecule has 0 amide bonds. The van der Waals surface area contributed by atoms with Crippen LogP contribution in [-0.4, -0.2) is 13.1 Å². The molecular weight excluding hydrogens is 426 g/mol. The Morgan fingerprint density at radius 2 is 1.79 bits per heavy atom. The van der Waals surface area contributed by atoms with E-state index in [0.717, 1.165) is 11.3 Å². The molecule has 0 unspecified atom stereocenters. The number of aryl methyl sites for hydroxylation is 2. The fraction of sp³-hybridized carbons (Fsp3) is 0.312. The smallest absolute Gasteiger partial charge is 0.0798 e. The number of rotatable bonds is 2. The van der Waals surface area contributed by atoms with Gasteiger partial charge in [0, 0.05) is 26.3 Å². The van der Waals surface area contributed by atoms with Crippen molar-refractivity contribution in [3.8, 4) is 11.3 Å². The molecule has 0 aliphatic carbocycles. The molecule has 0 aliphatic heterocycles. The van der Waals surface area contributed by atoms with Gasteiger partial charge in [0.15, 0.2) is 0 Å². The third-order valence-corrected chi connectivity index (χ3v) is 5.38. The maximum atomic E-state index is 4.64. The first kappa shape index (κ1) is 16.3. The van der Waals surface area contributed by atoms with Crippen molar-refractivity contribution >= 4 is 13.3 Å². The zero-order valence-corrected chi connectivity index (χ0v) is 15.6. The van der Waals surface area contributed by atoms with Gasteiger partial charge in [-0.15, -0.1) is 35.4 Å². The molecule has 1 aromatic heterocycles. The monoisotopic (exact) mass is 447 g/mol. The minimum atomic E-state index is -1.29. The van der Waals surface area contributed by atoms with Crippen LogP contribution < -0.4 is 5.19 Å². The van der Waals surface area contributed by atoms with Crippen molar-refractivity contribution in [3.05, 3.63) is 47.7 Å². The molecule has 2 rings (SSSR count). The standard InChI is InChI=1S/C16H20NSi.Ir/c1-12-8-6-7-9-14(12)15-10-13(2)16(11-17-15)18(3,4)5;/h6-8,10-11H,1-5H3;/q-1;. The molecule has 3 heteroatoms.